The van der Waals surface area contributed by atoms with Crippen molar-refractivity contribution in [1.82, 2.24) is 19.6 Å². The molecule has 0 N–H and O–H groups in total. The van der Waals surface area contributed by atoms with Crippen molar-refractivity contribution < 1.29 is 9.53 Å². The van der Waals surface area contributed by atoms with Crippen molar-refractivity contribution in [2.75, 3.05) is 39.4 Å². The summed E-state index contributed by atoms with van der Waals surface area (Å²) < 4.78 is 7.31. The number of aryl methyl sites for hydroxylation is 1. The Bertz CT molecular complexity index is 578. The number of likely N-dealkylation sites (tertiary alicyclic amines) is 1. The number of carbonyl (C=O) groups is 1. The number of nitrogens with zero attached hydrogens (tertiary/aromatic N) is 4. The summed E-state index contributed by atoms with van der Waals surface area (Å²) >= 11 is 0. The van der Waals surface area contributed by atoms with E-state index in [9.17, 15) is 4.79 Å². The van der Waals surface area contributed by atoms with E-state index in [0.717, 1.165) is 57.3 Å². The Kier molecular flexibility index (Phi) is 5.25. The molecule has 6 heteroatoms. The van der Waals surface area contributed by atoms with Crippen molar-refractivity contribution in [3.8, 4) is 0 Å². The minimum atomic E-state index is 0.124. The molecule has 1 amide bonds. The second kappa shape index (κ2) is 7.23. The summed E-state index contributed by atoms with van der Waals surface area (Å²) in [7, 11) is 0. The van der Waals surface area contributed by atoms with Crippen LogP contribution in [-0.4, -0.2) is 70.9 Å². The van der Waals surface area contributed by atoms with Gasteiger partial charge in [-0.25, -0.2) is 0 Å². The van der Waals surface area contributed by atoms with Gasteiger partial charge in [-0.15, -0.1) is 0 Å². The third-order valence-corrected chi connectivity index (χ3v) is 5.28. The molecule has 1 aromatic rings. The smallest absolute Gasteiger partial charge is 0.272 e. The summed E-state index contributed by atoms with van der Waals surface area (Å²) in [4.78, 5) is 17.6. The Morgan fingerprint density at radius 3 is 2.67 bits per heavy atom. The third kappa shape index (κ3) is 3.35. The van der Waals surface area contributed by atoms with Gasteiger partial charge in [-0.1, -0.05) is 20.8 Å². The van der Waals surface area contributed by atoms with Crippen molar-refractivity contribution in [1.29, 1.82) is 0 Å². The number of carbonyl (C=O) groups excluding carboxylic acids is 1. The Morgan fingerprint density at radius 2 is 2.04 bits per heavy atom. The quantitative estimate of drug-likeness (QED) is 0.843. The van der Waals surface area contributed by atoms with Gasteiger partial charge in [0, 0.05) is 38.8 Å². The van der Waals surface area contributed by atoms with Crippen LogP contribution in [0.1, 0.15) is 49.8 Å². The Hall–Kier alpha value is -1.40. The molecule has 0 spiro atoms. The molecular weight excluding hydrogens is 304 g/mol. The van der Waals surface area contributed by atoms with Gasteiger partial charge in [0.25, 0.3) is 5.91 Å². The highest BCUT2D eigenvalue weighted by atomic mass is 16.5. The van der Waals surface area contributed by atoms with Crippen LogP contribution in [-0.2, 0) is 11.3 Å². The van der Waals surface area contributed by atoms with Crippen LogP contribution in [0.25, 0.3) is 0 Å². The van der Waals surface area contributed by atoms with Crippen LogP contribution in [0.4, 0.5) is 0 Å². The van der Waals surface area contributed by atoms with Crippen LogP contribution in [0.15, 0.2) is 6.07 Å². The average molecular weight is 334 g/mol. The van der Waals surface area contributed by atoms with E-state index in [0.29, 0.717) is 17.9 Å². The van der Waals surface area contributed by atoms with E-state index in [1.54, 1.807) is 0 Å². The largest absolute Gasteiger partial charge is 0.379 e. The molecule has 2 saturated heterocycles. The lowest BCUT2D eigenvalue weighted by atomic mass is 10.0. The lowest BCUT2D eigenvalue weighted by Gasteiger charge is -2.33. The van der Waals surface area contributed by atoms with E-state index < -0.39 is 0 Å². The van der Waals surface area contributed by atoms with Crippen molar-refractivity contribution in [3.05, 3.63) is 17.5 Å². The molecule has 2 unspecified atom stereocenters. The van der Waals surface area contributed by atoms with E-state index in [2.05, 4.69) is 30.8 Å². The predicted octanol–water partition coefficient (Wildman–Crippen LogP) is 1.82. The molecule has 3 rings (SSSR count). The van der Waals surface area contributed by atoms with E-state index in [-0.39, 0.29) is 5.91 Å². The normalized spacial score (nSPS) is 25.6. The molecule has 134 valence electrons. The highest BCUT2D eigenvalue weighted by molar-refractivity contribution is 5.93. The number of hydrogen-bond donors (Lipinski definition) is 0. The molecule has 6 nitrogen and oxygen atoms in total. The topological polar surface area (TPSA) is 50.6 Å². The first-order valence-electron chi connectivity index (χ1n) is 9.20. The summed E-state index contributed by atoms with van der Waals surface area (Å²) in [6.07, 6.45) is 0. The molecule has 0 aromatic carbocycles. The highest BCUT2D eigenvalue weighted by Crippen LogP contribution is 2.25. The molecule has 0 saturated carbocycles. The first kappa shape index (κ1) is 17.4. The van der Waals surface area contributed by atoms with Gasteiger partial charge >= 0.3 is 0 Å². The highest BCUT2D eigenvalue weighted by Gasteiger charge is 2.37. The second-order valence-corrected chi connectivity index (χ2v) is 7.33. The molecule has 0 aliphatic carbocycles. The van der Waals surface area contributed by atoms with Crippen LogP contribution in [0.5, 0.6) is 0 Å². The van der Waals surface area contributed by atoms with E-state index in [1.807, 2.05) is 22.6 Å². The Morgan fingerprint density at radius 1 is 1.33 bits per heavy atom. The summed E-state index contributed by atoms with van der Waals surface area (Å²) in [5.74, 6) is 0.955. The number of aromatic nitrogens is 2. The van der Waals surface area contributed by atoms with Gasteiger partial charge < -0.3 is 9.64 Å². The monoisotopic (exact) mass is 334 g/mol. The number of morpholine rings is 1. The molecular formula is C18H30N4O2. The molecule has 0 radical (unpaired) electrons. The first-order chi connectivity index (χ1) is 11.5. The zero-order valence-corrected chi connectivity index (χ0v) is 15.4. The van der Waals surface area contributed by atoms with Crippen LogP contribution in [0.3, 0.4) is 0 Å². The lowest BCUT2D eigenvalue weighted by Crippen LogP contribution is -2.47. The molecule has 2 fully saturated rings. The molecule has 2 atom stereocenters. The molecule has 24 heavy (non-hydrogen) atoms. The standard InChI is InChI=1S/C18H30N4O2/c1-5-22-16(10-15(19-22)13(2)3)18(23)21-11-14(4)17(12-21)20-6-8-24-9-7-20/h10,13-14,17H,5-9,11-12H2,1-4H3. The summed E-state index contributed by atoms with van der Waals surface area (Å²) in [6, 6.07) is 2.42. The first-order valence-corrected chi connectivity index (χ1v) is 9.20. The van der Waals surface area contributed by atoms with E-state index in [1.165, 1.54) is 0 Å². The van der Waals surface area contributed by atoms with Gasteiger partial charge in [-0.3, -0.25) is 14.4 Å². The van der Waals surface area contributed by atoms with Crippen LogP contribution in [0.2, 0.25) is 0 Å². The predicted molar refractivity (Wildman–Crippen MR) is 93.2 cm³/mol. The maximum Gasteiger partial charge on any atom is 0.272 e. The van der Waals surface area contributed by atoms with Gasteiger partial charge in [0.15, 0.2) is 0 Å². The fraction of sp³-hybridized carbons (Fsp3) is 0.778. The summed E-state index contributed by atoms with van der Waals surface area (Å²) in [5.41, 5.74) is 1.73. The molecule has 3 heterocycles. The number of rotatable bonds is 4. The summed E-state index contributed by atoms with van der Waals surface area (Å²) in [5, 5.41) is 4.59. The molecule has 1 aromatic heterocycles. The van der Waals surface area contributed by atoms with Crippen LogP contribution < -0.4 is 0 Å². The van der Waals surface area contributed by atoms with Gasteiger partial charge in [0.05, 0.1) is 18.9 Å². The Balaban J connectivity index is 1.74. The number of amides is 1. The summed E-state index contributed by atoms with van der Waals surface area (Å²) in [6.45, 7) is 14.4. The number of hydrogen-bond acceptors (Lipinski definition) is 4. The van der Waals surface area contributed by atoms with Crippen molar-refractivity contribution >= 4 is 5.91 Å². The minimum Gasteiger partial charge on any atom is -0.379 e. The van der Waals surface area contributed by atoms with Crippen molar-refractivity contribution in [3.63, 3.8) is 0 Å². The fourth-order valence-corrected chi connectivity index (χ4v) is 3.79. The van der Waals surface area contributed by atoms with Crippen molar-refractivity contribution in [2.45, 2.75) is 46.2 Å². The molecule has 2 aliphatic heterocycles. The van der Waals surface area contributed by atoms with Gasteiger partial charge in [-0.05, 0) is 24.8 Å². The third-order valence-electron chi connectivity index (χ3n) is 5.28. The lowest BCUT2D eigenvalue weighted by molar-refractivity contribution is 0.0119. The molecule has 0 bridgehead atoms. The van der Waals surface area contributed by atoms with Crippen LogP contribution >= 0.6 is 0 Å². The van der Waals surface area contributed by atoms with Crippen LogP contribution in [0, 0.1) is 5.92 Å². The van der Waals surface area contributed by atoms with Gasteiger partial charge in [-0.2, -0.15) is 5.10 Å². The van der Waals surface area contributed by atoms with E-state index >= 15 is 0 Å². The van der Waals surface area contributed by atoms with E-state index in [4.69, 9.17) is 4.74 Å². The number of ether oxygens (including phenoxy) is 1. The SMILES string of the molecule is CCn1nc(C(C)C)cc1C(=O)N1CC(C)C(N2CCOCC2)C1. The second-order valence-electron chi connectivity index (χ2n) is 7.33. The maximum absolute atomic E-state index is 13.1. The Labute approximate surface area is 144 Å². The zero-order valence-electron chi connectivity index (χ0n) is 15.4. The fourth-order valence-electron chi connectivity index (χ4n) is 3.79. The zero-order chi connectivity index (χ0) is 17.3. The minimum absolute atomic E-state index is 0.124. The van der Waals surface area contributed by atoms with Gasteiger partial charge in [0.1, 0.15) is 5.69 Å². The maximum atomic E-state index is 13.1. The van der Waals surface area contributed by atoms with Gasteiger partial charge in [0.2, 0.25) is 0 Å². The average Bonchev–Trinajstić information content (AvgIpc) is 3.18. The van der Waals surface area contributed by atoms with Crippen molar-refractivity contribution in [2.24, 2.45) is 5.92 Å². The molecule has 2 aliphatic rings.